The topological polar surface area (TPSA) is 133 Å². The summed E-state index contributed by atoms with van der Waals surface area (Å²) in [5.74, 6) is -2.38. The zero-order valence-corrected chi connectivity index (χ0v) is 17.6. The first kappa shape index (κ1) is 23.2. The fraction of sp³-hybridized carbons (Fsp3) is 0.130. The number of pyridine rings is 1. The molecule has 4 N–H and O–H groups in total. The van der Waals surface area contributed by atoms with Gasteiger partial charge in [-0.05, 0) is 23.8 Å². The van der Waals surface area contributed by atoms with Gasteiger partial charge in [-0.3, -0.25) is 9.59 Å². The minimum atomic E-state index is -1.06. The van der Waals surface area contributed by atoms with Crippen LogP contribution in [-0.4, -0.2) is 29.9 Å². The Hall–Kier alpha value is -4.47. The first-order chi connectivity index (χ1) is 15.9. The minimum Gasteiger partial charge on any atom is -0.467 e. The van der Waals surface area contributed by atoms with Crippen molar-refractivity contribution in [1.29, 1.82) is 0 Å². The molecule has 3 rings (SSSR count). The molecule has 1 aromatic heterocycles. The Morgan fingerprint density at radius 2 is 1.82 bits per heavy atom. The lowest BCUT2D eigenvalue weighted by atomic mass is 10.1. The maximum absolute atomic E-state index is 14.4. The maximum Gasteiger partial charge on any atom is 0.333 e. The number of nitrogens with one attached hydrogen (secondary N) is 2. The predicted molar refractivity (Wildman–Crippen MR) is 118 cm³/mol. The largest absolute Gasteiger partial charge is 0.467 e. The number of hydrogen-bond acceptors (Lipinski definition) is 7. The summed E-state index contributed by atoms with van der Waals surface area (Å²) in [4.78, 5) is 40.4. The van der Waals surface area contributed by atoms with Crippen molar-refractivity contribution < 1.29 is 28.2 Å². The van der Waals surface area contributed by atoms with Crippen LogP contribution in [0.5, 0.6) is 11.5 Å². The monoisotopic (exact) mass is 452 g/mol. The lowest BCUT2D eigenvalue weighted by molar-refractivity contribution is -0.145. The number of aromatic nitrogens is 1. The van der Waals surface area contributed by atoms with Gasteiger partial charge in [-0.25, -0.2) is 14.2 Å². The van der Waals surface area contributed by atoms with Gasteiger partial charge in [0.15, 0.2) is 17.6 Å². The van der Waals surface area contributed by atoms with Crippen molar-refractivity contribution in [1.82, 2.24) is 10.3 Å². The Kier molecular flexibility index (Phi) is 7.53. The van der Waals surface area contributed by atoms with Crippen molar-refractivity contribution >= 4 is 29.3 Å². The van der Waals surface area contributed by atoms with Gasteiger partial charge in [0.1, 0.15) is 18.0 Å². The van der Waals surface area contributed by atoms with Crippen LogP contribution in [0.25, 0.3) is 0 Å². The van der Waals surface area contributed by atoms with Crippen LogP contribution in [0, 0.1) is 5.82 Å². The normalized spacial score (nSPS) is 11.2. The molecule has 0 aliphatic carbocycles. The first-order valence-electron chi connectivity index (χ1n) is 9.76. The number of carbonyl (C=O) groups is 3. The van der Waals surface area contributed by atoms with Crippen LogP contribution in [0.2, 0.25) is 0 Å². The fourth-order valence-electron chi connectivity index (χ4n) is 2.88. The van der Waals surface area contributed by atoms with Crippen molar-refractivity contribution in [2.45, 2.75) is 12.5 Å². The molecular weight excluding hydrogens is 431 g/mol. The van der Waals surface area contributed by atoms with E-state index in [9.17, 15) is 18.8 Å². The van der Waals surface area contributed by atoms with Crippen LogP contribution < -0.4 is 21.1 Å². The summed E-state index contributed by atoms with van der Waals surface area (Å²) >= 11 is 0. The molecule has 0 radical (unpaired) electrons. The molecule has 0 saturated heterocycles. The van der Waals surface area contributed by atoms with E-state index in [2.05, 4.69) is 15.6 Å². The zero-order chi connectivity index (χ0) is 23.8. The number of halogens is 1. The molecule has 3 aromatic rings. The Morgan fingerprint density at radius 3 is 2.48 bits per heavy atom. The second kappa shape index (κ2) is 10.7. The van der Waals surface area contributed by atoms with Gasteiger partial charge in [-0.15, -0.1) is 0 Å². The standard InChI is InChI=1S/C23H21FN4O5/c1-32-23(31)22(14-5-3-2-4-6-14)28-21(30)13-20(29)27-15-7-8-18(17(24)11-15)33-16-9-10-26-19(25)12-16/h2-12,22H,13H2,1H3,(H2,25,26)(H,27,29)(H,28,30)/t22-/m1/s1. The fourth-order valence-corrected chi connectivity index (χ4v) is 2.88. The van der Waals surface area contributed by atoms with Crippen molar-refractivity contribution in [2.24, 2.45) is 0 Å². The van der Waals surface area contributed by atoms with Crippen molar-refractivity contribution in [2.75, 3.05) is 18.2 Å². The molecule has 170 valence electrons. The third-order valence-corrected chi connectivity index (χ3v) is 4.39. The molecule has 0 saturated carbocycles. The molecule has 1 atom stereocenters. The van der Waals surface area contributed by atoms with Crippen molar-refractivity contribution in [3.8, 4) is 11.5 Å². The molecule has 0 aliphatic rings. The molecule has 2 aromatic carbocycles. The van der Waals surface area contributed by atoms with Gasteiger partial charge in [0, 0.05) is 24.0 Å². The summed E-state index contributed by atoms with van der Waals surface area (Å²) in [5.41, 5.74) is 6.20. The van der Waals surface area contributed by atoms with E-state index >= 15 is 0 Å². The number of anilines is 2. The summed E-state index contributed by atoms with van der Waals surface area (Å²) in [6.07, 6.45) is 0.835. The Labute approximate surface area is 188 Å². The summed E-state index contributed by atoms with van der Waals surface area (Å²) in [6.45, 7) is 0. The van der Waals surface area contributed by atoms with Crippen molar-refractivity contribution in [3.05, 3.63) is 78.2 Å². The second-order valence-electron chi connectivity index (χ2n) is 6.82. The Morgan fingerprint density at radius 1 is 1.06 bits per heavy atom. The van der Waals surface area contributed by atoms with Gasteiger partial charge in [0.05, 0.1) is 7.11 Å². The molecule has 33 heavy (non-hydrogen) atoms. The number of nitrogen functional groups attached to an aromatic ring is 1. The van der Waals surface area contributed by atoms with Gasteiger partial charge in [-0.2, -0.15) is 0 Å². The quantitative estimate of drug-likeness (QED) is 0.354. The highest BCUT2D eigenvalue weighted by Crippen LogP contribution is 2.27. The van der Waals surface area contributed by atoms with Gasteiger partial charge < -0.3 is 25.8 Å². The number of amides is 2. The third-order valence-electron chi connectivity index (χ3n) is 4.39. The second-order valence-corrected chi connectivity index (χ2v) is 6.82. The zero-order valence-electron chi connectivity index (χ0n) is 17.6. The van der Waals surface area contributed by atoms with Crippen molar-refractivity contribution in [3.63, 3.8) is 0 Å². The van der Waals surface area contributed by atoms with Crippen LogP contribution in [0.4, 0.5) is 15.9 Å². The first-order valence-corrected chi connectivity index (χ1v) is 9.76. The number of hydrogen-bond donors (Lipinski definition) is 3. The van der Waals surface area contributed by atoms with E-state index in [4.69, 9.17) is 15.2 Å². The van der Waals surface area contributed by atoms with Crippen LogP contribution in [0.1, 0.15) is 18.0 Å². The van der Waals surface area contributed by atoms with Gasteiger partial charge in [-0.1, -0.05) is 30.3 Å². The molecule has 0 bridgehead atoms. The summed E-state index contributed by atoms with van der Waals surface area (Å²) < 4.78 is 24.5. The average Bonchev–Trinajstić information content (AvgIpc) is 2.79. The Balaban J connectivity index is 1.60. The number of benzene rings is 2. The highest BCUT2D eigenvalue weighted by Gasteiger charge is 2.24. The van der Waals surface area contributed by atoms with E-state index < -0.39 is 36.1 Å². The average molecular weight is 452 g/mol. The lowest BCUT2D eigenvalue weighted by Crippen LogP contribution is -2.36. The molecule has 0 fully saturated rings. The highest BCUT2D eigenvalue weighted by atomic mass is 19.1. The van der Waals surface area contributed by atoms with Crippen LogP contribution >= 0.6 is 0 Å². The van der Waals surface area contributed by atoms with Gasteiger partial charge >= 0.3 is 5.97 Å². The van der Waals surface area contributed by atoms with Crippen LogP contribution in [-0.2, 0) is 19.1 Å². The van der Waals surface area contributed by atoms with E-state index in [1.54, 1.807) is 30.3 Å². The number of methoxy groups -OCH3 is 1. The molecular formula is C23H21FN4O5. The molecule has 0 spiro atoms. The van der Waals surface area contributed by atoms with Gasteiger partial charge in [0.25, 0.3) is 0 Å². The van der Waals surface area contributed by atoms with E-state index in [0.29, 0.717) is 11.3 Å². The number of rotatable bonds is 8. The van der Waals surface area contributed by atoms with E-state index in [1.807, 2.05) is 0 Å². The molecule has 9 nitrogen and oxygen atoms in total. The summed E-state index contributed by atoms with van der Waals surface area (Å²) in [6, 6.07) is 14.1. The van der Waals surface area contributed by atoms with Gasteiger partial charge in [0.2, 0.25) is 11.8 Å². The SMILES string of the molecule is COC(=O)[C@H](NC(=O)CC(=O)Nc1ccc(Oc2ccnc(N)c2)c(F)c1)c1ccccc1. The molecule has 0 aliphatic heterocycles. The number of nitrogens with zero attached hydrogens (tertiary/aromatic N) is 1. The van der Waals surface area contributed by atoms with Crippen LogP contribution in [0.3, 0.4) is 0 Å². The molecule has 2 amide bonds. The number of ether oxygens (including phenoxy) is 2. The Bertz CT molecular complexity index is 1160. The van der Waals surface area contributed by atoms with E-state index in [0.717, 1.165) is 6.07 Å². The van der Waals surface area contributed by atoms with Crippen LogP contribution in [0.15, 0.2) is 66.9 Å². The predicted octanol–water partition coefficient (Wildman–Crippen LogP) is 2.95. The molecule has 0 unspecified atom stereocenters. The number of carbonyl (C=O) groups excluding carboxylic acids is 3. The number of nitrogens with two attached hydrogens (primary N) is 1. The lowest BCUT2D eigenvalue weighted by Gasteiger charge is -2.17. The van der Waals surface area contributed by atoms with E-state index in [1.165, 1.54) is 37.6 Å². The third kappa shape index (κ3) is 6.50. The highest BCUT2D eigenvalue weighted by molar-refractivity contribution is 6.04. The van der Waals surface area contributed by atoms with E-state index in [-0.39, 0.29) is 17.3 Å². The maximum atomic E-state index is 14.4. The number of esters is 1. The summed E-state index contributed by atoms with van der Waals surface area (Å²) in [5, 5.41) is 4.90. The minimum absolute atomic E-state index is 0.0832. The summed E-state index contributed by atoms with van der Waals surface area (Å²) in [7, 11) is 1.20. The molecule has 1 heterocycles. The molecule has 10 heteroatoms. The smallest absolute Gasteiger partial charge is 0.333 e.